The molecule has 0 radical (unpaired) electrons. The molecule has 40 heavy (non-hydrogen) atoms. The van der Waals surface area contributed by atoms with Gasteiger partial charge in [0.1, 0.15) is 6.04 Å². The summed E-state index contributed by atoms with van der Waals surface area (Å²) in [5.74, 6) is -0.983. The Balaban J connectivity index is 1.62. The van der Waals surface area contributed by atoms with Gasteiger partial charge in [0.2, 0.25) is 14.7 Å². The third-order valence-electron chi connectivity index (χ3n) is 8.53. The van der Waals surface area contributed by atoms with Crippen molar-refractivity contribution in [2.45, 2.75) is 54.3 Å². The second kappa shape index (κ2) is 11.0. The molecule has 1 saturated carbocycles. The zero-order chi connectivity index (χ0) is 28.5. The van der Waals surface area contributed by atoms with E-state index in [1.54, 1.807) is 30.3 Å². The molecule has 1 aliphatic heterocycles. The second-order valence-corrected chi connectivity index (χ2v) is 13.1. The average molecular weight is 560 g/mol. The number of nitrogens with zero attached hydrogens (tertiary/aromatic N) is 2. The molecule has 2 aliphatic rings. The van der Waals surface area contributed by atoms with Crippen LogP contribution in [0.25, 0.3) is 10.8 Å². The first-order valence-corrected chi connectivity index (χ1v) is 15.1. The highest BCUT2D eigenvalue weighted by molar-refractivity contribution is 7.93. The van der Waals surface area contributed by atoms with Crippen LogP contribution >= 0.6 is 0 Å². The number of sulfone groups is 1. The van der Waals surface area contributed by atoms with Gasteiger partial charge in [-0.15, -0.1) is 0 Å². The van der Waals surface area contributed by atoms with Crippen molar-refractivity contribution >= 4 is 32.5 Å². The minimum absolute atomic E-state index is 0.0827. The van der Waals surface area contributed by atoms with Crippen LogP contribution in [0, 0.1) is 23.2 Å². The second-order valence-electron chi connectivity index (χ2n) is 10.9. The van der Waals surface area contributed by atoms with Gasteiger partial charge in [-0.1, -0.05) is 61.7 Å². The Hall–Kier alpha value is -3.74. The van der Waals surface area contributed by atoms with Crippen LogP contribution in [0.5, 0.6) is 0 Å². The Bertz CT molecular complexity index is 1600. The van der Waals surface area contributed by atoms with Gasteiger partial charge in [0.05, 0.1) is 23.6 Å². The number of nitriles is 1. The molecule has 0 aromatic heterocycles. The fourth-order valence-corrected chi connectivity index (χ4v) is 7.99. The number of carbonyl (C=O) groups is 2. The fourth-order valence-electron chi connectivity index (χ4n) is 6.34. The van der Waals surface area contributed by atoms with Crippen molar-refractivity contribution in [2.75, 3.05) is 13.7 Å². The van der Waals surface area contributed by atoms with Gasteiger partial charge >= 0.3 is 5.97 Å². The predicted octanol–water partition coefficient (Wildman–Crippen LogP) is 3.96. The lowest BCUT2D eigenvalue weighted by atomic mass is 9.72. The number of amides is 1. The number of piperidine rings is 1. The average Bonchev–Trinajstić information content (AvgIpc) is 2.99. The minimum atomic E-state index is -4.49. The van der Waals surface area contributed by atoms with Crippen LogP contribution < -0.4 is 5.73 Å². The van der Waals surface area contributed by atoms with Gasteiger partial charge in [0.25, 0.3) is 5.91 Å². The summed E-state index contributed by atoms with van der Waals surface area (Å²) < 4.78 is 33.9. The Morgan fingerprint density at radius 2 is 1.75 bits per heavy atom. The van der Waals surface area contributed by atoms with Gasteiger partial charge in [-0.05, 0) is 65.3 Å². The summed E-state index contributed by atoms with van der Waals surface area (Å²) >= 11 is 0. The summed E-state index contributed by atoms with van der Waals surface area (Å²) in [6.45, 7) is 0.244. The Labute approximate surface area is 234 Å². The summed E-state index contributed by atoms with van der Waals surface area (Å²) in [4.78, 5) is 26.3. The molecule has 2 N–H and O–H groups in total. The van der Waals surface area contributed by atoms with Crippen molar-refractivity contribution in [3.63, 3.8) is 0 Å². The van der Waals surface area contributed by atoms with E-state index >= 15 is 0 Å². The smallest absolute Gasteiger partial charge is 0.328 e. The van der Waals surface area contributed by atoms with E-state index in [1.165, 1.54) is 30.2 Å². The molecule has 3 aromatic carbocycles. The van der Waals surface area contributed by atoms with E-state index < -0.39 is 32.6 Å². The number of carbonyl (C=O) groups excluding carboxylic acids is 2. The lowest BCUT2D eigenvalue weighted by Crippen LogP contribution is -2.66. The van der Waals surface area contributed by atoms with Crippen molar-refractivity contribution in [1.82, 2.24) is 4.90 Å². The highest BCUT2D eigenvalue weighted by atomic mass is 32.2. The van der Waals surface area contributed by atoms with Gasteiger partial charge in [0, 0.05) is 13.0 Å². The molecule has 1 saturated heterocycles. The molecule has 1 aliphatic carbocycles. The predicted molar refractivity (Wildman–Crippen MR) is 150 cm³/mol. The first-order valence-electron chi connectivity index (χ1n) is 13.6. The number of rotatable bonds is 6. The normalized spacial score (nSPS) is 22.5. The zero-order valence-corrected chi connectivity index (χ0v) is 23.3. The molecular weight excluding hydrogens is 526 g/mol. The van der Waals surface area contributed by atoms with Crippen LogP contribution in [0.15, 0.2) is 71.6 Å². The van der Waals surface area contributed by atoms with Gasteiger partial charge in [-0.2, -0.15) is 5.26 Å². The largest absolute Gasteiger partial charge is 0.467 e. The van der Waals surface area contributed by atoms with Crippen molar-refractivity contribution in [1.29, 1.82) is 5.26 Å². The van der Waals surface area contributed by atoms with E-state index in [-0.39, 0.29) is 29.7 Å². The van der Waals surface area contributed by atoms with Crippen molar-refractivity contribution in [3.05, 3.63) is 77.9 Å². The summed E-state index contributed by atoms with van der Waals surface area (Å²) in [5, 5.41) is 11.0. The van der Waals surface area contributed by atoms with Gasteiger partial charge in [0.15, 0.2) is 0 Å². The Kier molecular flexibility index (Phi) is 7.67. The van der Waals surface area contributed by atoms with Crippen LogP contribution in [0.2, 0.25) is 0 Å². The maximum Gasteiger partial charge on any atom is 0.328 e. The van der Waals surface area contributed by atoms with Crippen LogP contribution in [0.1, 0.15) is 43.2 Å². The minimum Gasteiger partial charge on any atom is -0.467 e. The molecule has 3 unspecified atom stereocenters. The van der Waals surface area contributed by atoms with E-state index in [2.05, 4.69) is 6.07 Å². The molecule has 3 aromatic rings. The zero-order valence-electron chi connectivity index (χ0n) is 22.5. The van der Waals surface area contributed by atoms with E-state index in [0.717, 1.165) is 31.1 Å². The molecule has 1 heterocycles. The van der Waals surface area contributed by atoms with Crippen LogP contribution in [-0.4, -0.2) is 49.8 Å². The quantitative estimate of drug-likeness (QED) is 0.452. The number of esters is 1. The summed E-state index contributed by atoms with van der Waals surface area (Å²) in [6.07, 6.45) is 4.01. The molecular formula is C31H33N3O5S. The highest BCUT2D eigenvalue weighted by Crippen LogP contribution is 2.40. The topological polar surface area (TPSA) is 131 Å². The first kappa shape index (κ1) is 27.8. The number of hydrogen-bond acceptors (Lipinski definition) is 7. The molecule has 9 heteroatoms. The number of benzene rings is 3. The Morgan fingerprint density at radius 1 is 1.02 bits per heavy atom. The summed E-state index contributed by atoms with van der Waals surface area (Å²) in [5.41, 5.74) is 7.56. The standard InChI is InChI=1S/C31H33N3O5S/c1-39-29(35)28-17-25-11-4-5-12-26(25)20-34(28)30(36)31(33,18-21-7-6-8-22(15-21)19-32)40(37,38)27-14-13-23-9-2-3-10-24(23)16-27/h2-3,6-10,13-16,25-26,28H,4-5,11-12,17-18,20,33H2,1H3/t25?,26?,28?,31-/m1/s1. The molecule has 1 amide bonds. The molecule has 0 bridgehead atoms. The van der Waals surface area contributed by atoms with E-state index in [1.807, 2.05) is 18.2 Å². The molecule has 0 spiro atoms. The van der Waals surface area contributed by atoms with Crippen molar-refractivity contribution in [3.8, 4) is 6.07 Å². The Morgan fingerprint density at radius 3 is 2.48 bits per heavy atom. The monoisotopic (exact) mass is 559 g/mol. The maximum absolute atomic E-state index is 14.5. The number of methoxy groups -OCH3 is 1. The molecule has 2 fully saturated rings. The number of likely N-dealkylation sites (tertiary alicyclic amines) is 1. The van der Waals surface area contributed by atoms with Crippen molar-refractivity contribution in [2.24, 2.45) is 17.6 Å². The highest BCUT2D eigenvalue weighted by Gasteiger charge is 2.54. The lowest BCUT2D eigenvalue weighted by molar-refractivity contribution is -0.159. The molecule has 208 valence electrons. The van der Waals surface area contributed by atoms with Gasteiger partial charge < -0.3 is 15.4 Å². The van der Waals surface area contributed by atoms with Crippen LogP contribution in [0.4, 0.5) is 0 Å². The van der Waals surface area contributed by atoms with Crippen LogP contribution in [-0.2, 0) is 30.6 Å². The lowest BCUT2D eigenvalue weighted by Gasteiger charge is -2.47. The van der Waals surface area contributed by atoms with E-state index in [4.69, 9.17) is 10.5 Å². The maximum atomic E-state index is 14.5. The van der Waals surface area contributed by atoms with Gasteiger partial charge in [-0.3, -0.25) is 4.79 Å². The summed E-state index contributed by atoms with van der Waals surface area (Å²) in [7, 11) is -3.22. The van der Waals surface area contributed by atoms with Gasteiger partial charge in [-0.25, -0.2) is 13.2 Å². The number of fused-ring (bicyclic) bond motifs is 2. The fraction of sp³-hybridized carbons (Fsp3) is 0.387. The number of ether oxygens (including phenoxy) is 1. The third-order valence-corrected chi connectivity index (χ3v) is 10.7. The number of nitrogens with two attached hydrogens (primary N) is 1. The van der Waals surface area contributed by atoms with Crippen LogP contribution in [0.3, 0.4) is 0 Å². The SMILES string of the molecule is COC(=O)C1CC2CCCCC2CN1C(=O)[C@@](N)(Cc1cccc(C#N)c1)S(=O)(=O)c1ccc2ccccc2c1. The van der Waals surface area contributed by atoms with E-state index in [0.29, 0.717) is 22.9 Å². The van der Waals surface area contributed by atoms with E-state index in [9.17, 15) is 23.3 Å². The molecule has 8 nitrogen and oxygen atoms in total. The molecule has 4 atom stereocenters. The molecule has 5 rings (SSSR count). The third kappa shape index (κ3) is 4.98. The number of hydrogen-bond donors (Lipinski definition) is 1. The summed E-state index contributed by atoms with van der Waals surface area (Å²) in [6, 6.07) is 19.6. The first-order chi connectivity index (χ1) is 19.2. The van der Waals surface area contributed by atoms with Crippen molar-refractivity contribution < 1.29 is 22.7 Å².